The molecule has 1 atom stereocenters. The Hall–Kier alpha value is -1.23. The van der Waals surface area contributed by atoms with E-state index in [1.165, 1.54) is 4.90 Å². The van der Waals surface area contributed by atoms with Crippen molar-refractivity contribution in [2.24, 2.45) is 0 Å². The molecule has 3 aliphatic heterocycles. The molecule has 2 fully saturated rings. The lowest BCUT2D eigenvalue weighted by Crippen LogP contribution is -2.39. The summed E-state index contributed by atoms with van der Waals surface area (Å²) in [6, 6.07) is 5.07. The van der Waals surface area contributed by atoms with E-state index in [0.29, 0.717) is 28.4 Å². The van der Waals surface area contributed by atoms with E-state index in [1.54, 1.807) is 4.90 Å². The van der Waals surface area contributed by atoms with E-state index >= 15 is 0 Å². The number of sulfone groups is 1. The molecule has 0 saturated carbocycles. The molecule has 2 amide bonds. The predicted octanol–water partition coefficient (Wildman–Crippen LogP) is 2.57. The molecule has 3 heterocycles. The number of thioether (sulfide) groups is 1. The van der Waals surface area contributed by atoms with Crippen LogP contribution >= 0.6 is 39.9 Å². The number of hydrogen-bond donors (Lipinski definition) is 0. The van der Waals surface area contributed by atoms with E-state index in [4.69, 9.17) is 12.2 Å². The van der Waals surface area contributed by atoms with Crippen LogP contribution in [0.1, 0.15) is 18.9 Å². The van der Waals surface area contributed by atoms with Crippen molar-refractivity contribution in [1.29, 1.82) is 0 Å². The van der Waals surface area contributed by atoms with E-state index in [9.17, 15) is 18.0 Å². The number of likely N-dealkylation sites (N-methyl/N-ethyl adjacent to an activating group) is 1. The normalized spacial score (nSPS) is 27.0. The highest BCUT2D eigenvalue weighted by molar-refractivity contribution is 9.10. The van der Waals surface area contributed by atoms with Gasteiger partial charge in [0.05, 0.1) is 33.7 Å². The topological polar surface area (TPSA) is 74.8 Å². The summed E-state index contributed by atoms with van der Waals surface area (Å²) in [6.07, 6.45) is 0.370. The zero-order valence-electron chi connectivity index (χ0n) is 14.3. The minimum absolute atomic E-state index is 0.0545. The van der Waals surface area contributed by atoms with Gasteiger partial charge in [0.2, 0.25) is 0 Å². The third-order valence-electron chi connectivity index (χ3n) is 4.89. The minimum Gasteiger partial charge on any atom is -0.308 e. The Morgan fingerprint density at radius 2 is 2.04 bits per heavy atom. The molecule has 0 aromatic heterocycles. The predicted molar refractivity (Wildman–Crippen MR) is 113 cm³/mol. The molecule has 10 heteroatoms. The smallest absolute Gasteiger partial charge is 0.267 e. The number of rotatable bonds is 2. The molecule has 0 N–H and O–H groups in total. The quantitative estimate of drug-likeness (QED) is 0.472. The number of thiocarbonyl (C=S) groups is 1. The molecule has 0 aliphatic carbocycles. The zero-order chi connectivity index (χ0) is 19.5. The van der Waals surface area contributed by atoms with Gasteiger partial charge in [0.1, 0.15) is 4.32 Å². The lowest BCUT2D eigenvalue weighted by Gasteiger charge is -2.21. The molecule has 1 aromatic rings. The third kappa shape index (κ3) is 3.06. The fourth-order valence-corrected chi connectivity index (χ4v) is 7.19. The molecule has 1 unspecified atom stereocenters. The van der Waals surface area contributed by atoms with Gasteiger partial charge in [-0.05, 0) is 31.5 Å². The van der Waals surface area contributed by atoms with Crippen LogP contribution in [0.5, 0.6) is 0 Å². The van der Waals surface area contributed by atoms with Gasteiger partial charge in [0.15, 0.2) is 9.84 Å². The molecular formula is C17H15BrN2O4S3. The van der Waals surface area contributed by atoms with Crippen LogP contribution in [0, 0.1) is 0 Å². The molecule has 3 aliphatic rings. The van der Waals surface area contributed by atoms with Gasteiger partial charge >= 0.3 is 0 Å². The van der Waals surface area contributed by atoms with Crippen molar-refractivity contribution < 1.29 is 18.0 Å². The first kappa shape index (κ1) is 19.1. The summed E-state index contributed by atoms with van der Waals surface area (Å²) >= 11 is 9.87. The number of amides is 2. The Balaban J connectivity index is 1.80. The molecule has 6 nitrogen and oxygen atoms in total. The number of halogens is 1. The van der Waals surface area contributed by atoms with Gasteiger partial charge in [0, 0.05) is 16.6 Å². The van der Waals surface area contributed by atoms with E-state index in [2.05, 4.69) is 15.9 Å². The Kier molecular flexibility index (Phi) is 4.73. The Morgan fingerprint density at radius 1 is 1.30 bits per heavy atom. The zero-order valence-corrected chi connectivity index (χ0v) is 18.3. The fraction of sp³-hybridized carbons (Fsp3) is 0.353. The van der Waals surface area contributed by atoms with Crippen LogP contribution < -0.4 is 4.90 Å². The summed E-state index contributed by atoms with van der Waals surface area (Å²) in [5.74, 6) is -0.637. The summed E-state index contributed by atoms with van der Waals surface area (Å²) in [5.41, 5.74) is 1.79. The molecular weight excluding hydrogens is 472 g/mol. The van der Waals surface area contributed by atoms with Crippen LogP contribution in [0.3, 0.4) is 0 Å². The number of fused-ring (bicyclic) bond motifs is 1. The average molecular weight is 487 g/mol. The molecule has 2 saturated heterocycles. The maximum absolute atomic E-state index is 13.1. The second kappa shape index (κ2) is 6.68. The summed E-state index contributed by atoms with van der Waals surface area (Å²) in [5, 5.41) is 0. The molecule has 142 valence electrons. The van der Waals surface area contributed by atoms with Crippen LogP contribution in [-0.4, -0.2) is 53.5 Å². The number of anilines is 1. The fourth-order valence-electron chi connectivity index (χ4n) is 3.66. The van der Waals surface area contributed by atoms with Gasteiger partial charge in [-0.2, -0.15) is 0 Å². The summed E-state index contributed by atoms with van der Waals surface area (Å²) in [7, 11) is -3.15. The second-order valence-corrected chi connectivity index (χ2v) is 11.3. The highest BCUT2D eigenvalue weighted by Crippen LogP contribution is 2.46. The van der Waals surface area contributed by atoms with Crippen molar-refractivity contribution in [1.82, 2.24) is 4.90 Å². The van der Waals surface area contributed by atoms with E-state index in [1.807, 2.05) is 25.1 Å². The highest BCUT2D eigenvalue weighted by atomic mass is 79.9. The maximum atomic E-state index is 13.1. The number of carbonyl (C=O) groups is 2. The maximum Gasteiger partial charge on any atom is 0.267 e. The Bertz CT molecular complexity index is 1030. The first-order valence-electron chi connectivity index (χ1n) is 8.35. The molecule has 1 aromatic carbocycles. The van der Waals surface area contributed by atoms with Crippen molar-refractivity contribution in [2.75, 3.05) is 23.0 Å². The summed E-state index contributed by atoms with van der Waals surface area (Å²) < 4.78 is 24.8. The lowest BCUT2D eigenvalue weighted by molar-refractivity contribution is -0.123. The van der Waals surface area contributed by atoms with Gasteiger partial charge in [-0.15, -0.1) is 0 Å². The Labute approximate surface area is 175 Å². The summed E-state index contributed by atoms with van der Waals surface area (Å²) in [4.78, 5) is 29.4. The highest BCUT2D eigenvalue weighted by Gasteiger charge is 2.46. The van der Waals surface area contributed by atoms with Crippen molar-refractivity contribution in [3.05, 3.63) is 33.1 Å². The molecule has 0 bridgehead atoms. The van der Waals surface area contributed by atoms with Crippen LogP contribution in [-0.2, 0) is 19.4 Å². The number of benzene rings is 1. The van der Waals surface area contributed by atoms with Crippen molar-refractivity contribution in [3.8, 4) is 0 Å². The largest absolute Gasteiger partial charge is 0.308 e. The second-order valence-electron chi connectivity index (χ2n) is 6.51. The third-order valence-corrected chi connectivity index (χ3v) is 8.54. The van der Waals surface area contributed by atoms with Gasteiger partial charge < -0.3 is 4.90 Å². The van der Waals surface area contributed by atoms with Gasteiger partial charge in [-0.25, -0.2) is 8.42 Å². The molecule has 0 radical (unpaired) electrons. The van der Waals surface area contributed by atoms with E-state index < -0.39 is 15.9 Å². The van der Waals surface area contributed by atoms with Crippen molar-refractivity contribution >= 4 is 77.1 Å². The van der Waals surface area contributed by atoms with E-state index in [-0.39, 0.29) is 28.2 Å². The molecule has 4 rings (SSSR count). The average Bonchev–Trinajstić information content (AvgIpc) is 3.18. The van der Waals surface area contributed by atoms with Crippen LogP contribution in [0.2, 0.25) is 0 Å². The van der Waals surface area contributed by atoms with Crippen molar-refractivity contribution in [3.63, 3.8) is 0 Å². The number of carbonyl (C=O) groups excluding carboxylic acids is 2. The van der Waals surface area contributed by atoms with Crippen LogP contribution in [0.4, 0.5) is 5.69 Å². The first-order valence-corrected chi connectivity index (χ1v) is 12.2. The van der Waals surface area contributed by atoms with Gasteiger partial charge in [-0.3, -0.25) is 14.5 Å². The van der Waals surface area contributed by atoms with Gasteiger partial charge in [0.25, 0.3) is 11.8 Å². The lowest BCUT2D eigenvalue weighted by atomic mass is 10.1. The first-order chi connectivity index (χ1) is 12.7. The van der Waals surface area contributed by atoms with E-state index in [0.717, 1.165) is 21.9 Å². The standard InChI is InChI=1S/C17H15BrN2O4S3/c1-2-19-12-4-3-9(18)7-11(12)13(15(19)21)14-16(22)20(17(25)26-14)10-5-6-27(23,24)8-10/h3-4,7,10H,2,5-6,8H2,1H3/b14-13-. The SMILES string of the molecule is CCN1C(=O)/C(=C2\SC(=S)N(C3CCS(=O)(=O)C3)C2=O)c2cc(Br)ccc21. The summed E-state index contributed by atoms with van der Waals surface area (Å²) in [6.45, 7) is 2.36. The number of hydrogen-bond acceptors (Lipinski definition) is 6. The molecule has 0 spiro atoms. The number of nitrogens with zero attached hydrogens (tertiary/aromatic N) is 2. The molecule has 27 heavy (non-hydrogen) atoms. The minimum atomic E-state index is -3.15. The monoisotopic (exact) mass is 486 g/mol. The van der Waals surface area contributed by atoms with Crippen molar-refractivity contribution in [2.45, 2.75) is 19.4 Å². The van der Waals surface area contributed by atoms with Gasteiger partial charge in [-0.1, -0.05) is 39.9 Å². The van der Waals surface area contributed by atoms with Crippen LogP contribution in [0.25, 0.3) is 5.57 Å². The van der Waals surface area contributed by atoms with Crippen LogP contribution in [0.15, 0.2) is 27.6 Å². The Morgan fingerprint density at radius 3 is 2.67 bits per heavy atom.